The zero-order chi connectivity index (χ0) is 22.8. The quantitative estimate of drug-likeness (QED) is 0.187. The highest BCUT2D eigenvalue weighted by Crippen LogP contribution is 2.13. The third kappa shape index (κ3) is 19.5. The molecule has 0 aliphatic rings. The normalized spacial score (nSPS) is 13.0. The lowest BCUT2D eigenvalue weighted by Gasteiger charge is -2.01. The van der Waals surface area contributed by atoms with Crippen LogP contribution in [0.2, 0.25) is 0 Å². The van der Waals surface area contributed by atoms with E-state index < -0.39 is 0 Å². The number of allylic oxidation sites excluding steroid dienone is 13. The summed E-state index contributed by atoms with van der Waals surface area (Å²) in [5.74, 6) is 0. The highest BCUT2D eigenvalue weighted by Gasteiger charge is 1.93. The van der Waals surface area contributed by atoms with Crippen LogP contribution in [0.1, 0.15) is 106 Å². The van der Waals surface area contributed by atoms with Gasteiger partial charge in [-0.3, -0.25) is 0 Å². The van der Waals surface area contributed by atoms with E-state index >= 15 is 0 Å². The first kappa shape index (κ1) is 28.2. The Labute approximate surface area is 188 Å². The van der Waals surface area contributed by atoms with Crippen molar-refractivity contribution in [3.05, 3.63) is 82.5 Å². The predicted molar refractivity (Wildman–Crippen MR) is 140 cm³/mol. The van der Waals surface area contributed by atoms with E-state index in [-0.39, 0.29) is 0 Å². The van der Waals surface area contributed by atoms with Crippen LogP contribution in [-0.2, 0) is 0 Å². The van der Waals surface area contributed by atoms with Crippen molar-refractivity contribution in [2.75, 3.05) is 0 Å². The van der Waals surface area contributed by atoms with Crippen LogP contribution in [0, 0.1) is 0 Å². The Morgan fingerprint density at radius 2 is 0.933 bits per heavy atom. The van der Waals surface area contributed by atoms with Gasteiger partial charge in [0.2, 0.25) is 0 Å². The van der Waals surface area contributed by atoms with Crippen molar-refractivity contribution < 1.29 is 0 Å². The van der Waals surface area contributed by atoms with Crippen LogP contribution < -0.4 is 0 Å². The topological polar surface area (TPSA) is 0 Å². The molecule has 0 heterocycles. The Kier molecular flexibility index (Phi) is 16.9. The predicted octanol–water partition coefficient (Wildman–Crippen LogP) is 10.4. The van der Waals surface area contributed by atoms with Gasteiger partial charge in [-0.1, -0.05) is 82.5 Å². The molecule has 30 heavy (non-hydrogen) atoms. The van der Waals surface area contributed by atoms with E-state index in [1.54, 1.807) is 0 Å². The molecule has 168 valence electrons. The first-order valence-corrected chi connectivity index (χ1v) is 11.8. The van der Waals surface area contributed by atoms with E-state index in [9.17, 15) is 0 Å². The molecule has 0 saturated heterocycles. The van der Waals surface area contributed by atoms with Crippen molar-refractivity contribution in [2.24, 2.45) is 0 Å². The summed E-state index contributed by atoms with van der Waals surface area (Å²) >= 11 is 0. The maximum absolute atomic E-state index is 4.20. The van der Waals surface area contributed by atoms with Crippen molar-refractivity contribution >= 4 is 0 Å². The highest BCUT2D eigenvalue weighted by molar-refractivity contribution is 5.17. The molecular weight excluding hydrogens is 360 g/mol. The summed E-state index contributed by atoms with van der Waals surface area (Å²) in [4.78, 5) is 0. The molecule has 0 unspecified atom stereocenters. The molecule has 0 N–H and O–H groups in total. The molecule has 0 aliphatic carbocycles. The average molecular weight is 409 g/mol. The maximum Gasteiger partial charge on any atom is -0.0163 e. The van der Waals surface area contributed by atoms with Crippen molar-refractivity contribution in [3.63, 3.8) is 0 Å². The molecule has 0 atom stereocenters. The summed E-state index contributed by atoms with van der Waals surface area (Å²) in [7, 11) is 0. The fourth-order valence-electron chi connectivity index (χ4n) is 3.12. The van der Waals surface area contributed by atoms with Crippen LogP contribution in [-0.4, -0.2) is 0 Å². The van der Waals surface area contributed by atoms with Gasteiger partial charge in [-0.25, -0.2) is 0 Å². The van der Waals surface area contributed by atoms with Gasteiger partial charge in [-0.15, -0.1) is 0 Å². The monoisotopic (exact) mass is 408 g/mol. The summed E-state index contributed by atoms with van der Waals surface area (Å²) in [6, 6.07) is 0. The molecule has 0 spiro atoms. The summed E-state index contributed by atoms with van der Waals surface area (Å²) < 4.78 is 0. The minimum absolute atomic E-state index is 1.01. The van der Waals surface area contributed by atoms with Crippen LogP contribution in [0.15, 0.2) is 82.5 Å². The molecule has 0 aliphatic heterocycles. The summed E-state index contributed by atoms with van der Waals surface area (Å²) in [6.07, 6.45) is 26.4. The number of rotatable bonds is 15. The third-order valence-corrected chi connectivity index (χ3v) is 5.13. The summed E-state index contributed by atoms with van der Waals surface area (Å²) in [5, 5.41) is 0. The molecule has 0 saturated carbocycles. The van der Waals surface area contributed by atoms with E-state index in [0.717, 1.165) is 38.5 Å². The Hall–Kier alpha value is -1.82. The van der Waals surface area contributed by atoms with Crippen molar-refractivity contribution in [1.82, 2.24) is 0 Å². The Balaban J connectivity index is 4.07. The second-order valence-electron chi connectivity index (χ2n) is 9.17. The van der Waals surface area contributed by atoms with E-state index in [1.165, 1.54) is 52.7 Å². The van der Waals surface area contributed by atoms with E-state index in [4.69, 9.17) is 0 Å². The van der Waals surface area contributed by atoms with Gasteiger partial charge in [0.15, 0.2) is 0 Å². The highest BCUT2D eigenvalue weighted by atomic mass is 14.0. The SMILES string of the molecule is C=C(C=CC/C=C(\C)CC/C=C(\C)CCC=C(C)C)CC/C=C(\C)CCC=C(C)C. The van der Waals surface area contributed by atoms with Crippen LogP contribution in [0.3, 0.4) is 0 Å². The molecule has 0 bridgehead atoms. The minimum Gasteiger partial charge on any atom is -0.0958 e. The number of hydrogen-bond acceptors (Lipinski definition) is 0. The van der Waals surface area contributed by atoms with Gasteiger partial charge in [0.05, 0.1) is 0 Å². The van der Waals surface area contributed by atoms with Crippen molar-refractivity contribution in [3.8, 4) is 0 Å². The average Bonchev–Trinajstić information content (AvgIpc) is 2.64. The lowest BCUT2D eigenvalue weighted by Crippen LogP contribution is -1.81. The van der Waals surface area contributed by atoms with Gasteiger partial charge in [0.25, 0.3) is 0 Å². The maximum atomic E-state index is 4.20. The molecule has 0 radical (unpaired) electrons. The number of hydrogen-bond donors (Lipinski definition) is 0. The molecular formula is C30H48. The van der Waals surface area contributed by atoms with Crippen LogP contribution >= 0.6 is 0 Å². The van der Waals surface area contributed by atoms with E-state index in [1.807, 2.05) is 0 Å². The molecule has 0 aromatic rings. The second-order valence-corrected chi connectivity index (χ2v) is 9.17. The van der Waals surface area contributed by atoms with Crippen molar-refractivity contribution in [1.29, 1.82) is 0 Å². The smallest absolute Gasteiger partial charge is 0.0163 e. The summed E-state index contributed by atoms with van der Waals surface area (Å²) in [5.41, 5.74) is 8.53. The van der Waals surface area contributed by atoms with Gasteiger partial charge < -0.3 is 0 Å². The third-order valence-electron chi connectivity index (χ3n) is 5.13. The van der Waals surface area contributed by atoms with Gasteiger partial charge in [-0.2, -0.15) is 0 Å². The van der Waals surface area contributed by atoms with Gasteiger partial charge in [-0.05, 0) is 106 Å². The first-order chi connectivity index (χ1) is 14.2. The molecule has 0 aromatic carbocycles. The Bertz CT molecular complexity index is 663. The lowest BCUT2D eigenvalue weighted by molar-refractivity contribution is 0.915. The zero-order valence-corrected chi connectivity index (χ0v) is 21.1. The fraction of sp³-hybridized carbons (Fsp3) is 0.533. The standard InChI is InChI=1S/C30H48/c1-25(2)15-11-19-29(7)23-13-21-27(5)17-9-10-18-28(6)22-14-24-30(8)20-12-16-26(3)4/h9,15-18,23-24H,5,10-14,19-22H2,1-4,6-8H3/b17-9?,28-18+,29-23+,30-24+. The largest absolute Gasteiger partial charge is 0.0958 e. The minimum atomic E-state index is 1.01. The van der Waals surface area contributed by atoms with Crippen LogP contribution in [0.4, 0.5) is 0 Å². The first-order valence-electron chi connectivity index (χ1n) is 11.8. The van der Waals surface area contributed by atoms with Crippen LogP contribution in [0.5, 0.6) is 0 Å². The Morgan fingerprint density at radius 1 is 0.533 bits per heavy atom. The molecule has 0 heteroatoms. The lowest BCUT2D eigenvalue weighted by atomic mass is 10.1. The van der Waals surface area contributed by atoms with E-state index in [0.29, 0.717) is 0 Å². The van der Waals surface area contributed by atoms with Gasteiger partial charge in [0.1, 0.15) is 0 Å². The molecule has 0 rings (SSSR count). The molecule has 0 fully saturated rings. The second kappa shape index (κ2) is 18.0. The van der Waals surface area contributed by atoms with Crippen LogP contribution in [0.25, 0.3) is 0 Å². The van der Waals surface area contributed by atoms with Gasteiger partial charge >= 0.3 is 0 Å². The summed E-state index contributed by atoms with van der Waals surface area (Å²) in [6.45, 7) is 19.6. The zero-order valence-electron chi connectivity index (χ0n) is 21.1. The van der Waals surface area contributed by atoms with E-state index in [2.05, 4.69) is 97.6 Å². The van der Waals surface area contributed by atoms with Gasteiger partial charge in [0, 0.05) is 0 Å². The van der Waals surface area contributed by atoms with Crippen molar-refractivity contribution in [2.45, 2.75) is 106 Å². The Morgan fingerprint density at radius 3 is 1.40 bits per heavy atom. The molecule has 0 amide bonds. The molecule has 0 aromatic heterocycles. The fourth-order valence-corrected chi connectivity index (χ4v) is 3.12. The molecule has 0 nitrogen and oxygen atoms in total.